The van der Waals surface area contributed by atoms with Gasteiger partial charge in [0.1, 0.15) is 5.82 Å². The van der Waals surface area contributed by atoms with Crippen LogP contribution in [-0.2, 0) is 0 Å². The molecule has 0 saturated heterocycles. The molecule has 0 aliphatic rings. The second-order valence-electron chi connectivity index (χ2n) is 5.53. The highest BCUT2D eigenvalue weighted by atomic mass is 19.1. The van der Waals surface area contributed by atoms with Crippen molar-refractivity contribution in [2.45, 2.75) is 39.2 Å². The maximum Gasteiger partial charge on any atom is 0.128 e. The van der Waals surface area contributed by atoms with E-state index in [1.54, 1.807) is 18.5 Å². The van der Waals surface area contributed by atoms with Gasteiger partial charge in [-0.15, -0.1) is 0 Å². The van der Waals surface area contributed by atoms with Crippen LogP contribution in [0, 0.1) is 12.7 Å². The molecule has 0 bridgehead atoms. The maximum absolute atomic E-state index is 14.3. The van der Waals surface area contributed by atoms with E-state index in [1.165, 1.54) is 5.56 Å². The van der Waals surface area contributed by atoms with Gasteiger partial charge in [0.25, 0.3) is 0 Å². The fourth-order valence-electron chi connectivity index (χ4n) is 2.62. The zero-order chi connectivity index (χ0) is 15.2. The van der Waals surface area contributed by atoms with Crippen molar-refractivity contribution in [3.8, 4) is 0 Å². The molecule has 1 aromatic heterocycles. The molecule has 2 unspecified atom stereocenters. The van der Waals surface area contributed by atoms with Crippen LogP contribution in [0.5, 0.6) is 0 Å². The van der Waals surface area contributed by atoms with Crippen molar-refractivity contribution in [2.24, 2.45) is 0 Å². The molecule has 21 heavy (non-hydrogen) atoms. The lowest BCUT2D eigenvalue weighted by molar-refractivity contribution is 0.445. The largest absolute Gasteiger partial charge is 0.309 e. The van der Waals surface area contributed by atoms with E-state index < -0.39 is 0 Å². The first-order chi connectivity index (χ1) is 10.1. The number of hydrogen-bond donors (Lipinski definition) is 1. The minimum Gasteiger partial charge on any atom is -0.309 e. The van der Waals surface area contributed by atoms with Crippen LogP contribution >= 0.6 is 0 Å². The van der Waals surface area contributed by atoms with Crippen LogP contribution in [0.25, 0.3) is 0 Å². The van der Waals surface area contributed by atoms with Crippen LogP contribution in [0.1, 0.15) is 48.9 Å². The molecule has 0 spiro atoms. The minimum atomic E-state index is -0.143. The number of benzene rings is 1. The Bertz CT molecular complexity index is 569. The van der Waals surface area contributed by atoms with Crippen molar-refractivity contribution in [3.05, 3.63) is 65.2 Å². The van der Waals surface area contributed by atoms with Gasteiger partial charge in [-0.3, -0.25) is 4.98 Å². The third kappa shape index (κ3) is 3.88. The summed E-state index contributed by atoms with van der Waals surface area (Å²) in [6.07, 6.45) is 4.59. The first-order valence-electron chi connectivity index (χ1n) is 7.52. The highest BCUT2D eigenvalue weighted by molar-refractivity contribution is 5.31. The number of nitrogens with zero attached hydrogens (tertiary/aromatic N) is 1. The van der Waals surface area contributed by atoms with Gasteiger partial charge in [-0.1, -0.05) is 31.5 Å². The molecule has 0 aliphatic carbocycles. The summed E-state index contributed by atoms with van der Waals surface area (Å²) in [7, 11) is 0. The van der Waals surface area contributed by atoms with Crippen LogP contribution in [0.2, 0.25) is 0 Å². The van der Waals surface area contributed by atoms with Crippen LogP contribution < -0.4 is 5.32 Å². The number of nitrogens with one attached hydrogen (secondary N) is 1. The Labute approximate surface area is 126 Å². The number of pyridine rings is 1. The quantitative estimate of drug-likeness (QED) is 0.852. The van der Waals surface area contributed by atoms with Gasteiger partial charge in [0.05, 0.1) is 0 Å². The summed E-state index contributed by atoms with van der Waals surface area (Å²) in [5, 5.41) is 3.49. The lowest BCUT2D eigenvalue weighted by Crippen LogP contribution is -2.27. The average Bonchev–Trinajstić information content (AvgIpc) is 2.51. The molecule has 3 heteroatoms. The first-order valence-corrected chi connectivity index (χ1v) is 7.52. The molecule has 2 atom stereocenters. The van der Waals surface area contributed by atoms with E-state index in [4.69, 9.17) is 0 Å². The second kappa shape index (κ2) is 7.32. The fourth-order valence-corrected chi connectivity index (χ4v) is 2.62. The molecule has 2 rings (SSSR count). The Morgan fingerprint density at radius 1 is 1.19 bits per heavy atom. The molecule has 2 aromatic rings. The van der Waals surface area contributed by atoms with Crippen molar-refractivity contribution in [1.82, 2.24) is 10.3 Å². The Kier molecular flexibility index (Phi) is 5.45. The zero-order valence-electron chi connectivity index (χ0n) is 12.9. The standard InChI is InChI=1S/C18H23FN2/c1-4-9-21-18(14(3)15-7-10-20-11-8-15)16-12-13(2)5-6-17(16)19/h5-8,10-12,14,18,21H,4,9H2,1-3H3. The Morgan fingerprint density at radius 2 is 1.90 bits per heavy atom. The van der Waals surface area contributed by atoms with Crippen molar-refractivity contribution in [1.29, 1.82) is 0 Å². The molecule has 1 heterocycles. The van der Waals surface area contributed by atoms with Gasteiger partial charge in [-0.25, -0.2) is 4.39 Å². The molecular weight excluding hydrogens is 263 g/mol. The molecule has 0 amide bonds. The zero-order valence-corrected chi connectivity index (χ0v) is 12.9. The Balaban J connectivity index is 2.36. The van der Waals surface area contributed by atoms with E-state index in [-0.39, 0.29) is 17.8 Å². The van der Waals surface area contributed by atoms with Gasteiger partial charge in [-0.2, -0.15) is 0 Å². The molecular formula is C18H23FN2. The van der Waals surface area contributed by atoms with Gasteiger partial charge < -0.3 is 5.32 Å². The van der Waals surface area contributed by atoms with E-state index in [2.05, 4.69) is 24.1 Å². The third-order valence-corrected chi connectivity index (χ3v) is 3.83. The van der Waals surface area contributed by atoms with Crippen molar-refractivity contribution in [2.75, 3.05) is 6.54 Å². The third-order valence-electron chi connectivity index (χ3n) is 3.83. The van der Waals surface area contributed by atoms with E-state index in [1.807, 2.05) is 31.2 Å². The van der Waals surface area contributed by atoms with Crippen LogP contribution in [0.4, 0.5) is 4.39 Å². The number of aromatic nitrogens is 1. The summed E-state index contributed by atoms with van der Waals surface area (Å²) in [5.41, 5.74) is 2.99. The highest BCUT2D eigenvalue weighted by Crippen LogP contribution is 2.32. The van der Waals surface area contributed by atoms with Gasteiger partial charge in [0.2, 0.25) is 0 Å². The number of aryl methyl sites for hydroxylation is 1. The van der Waals surface area contributed by atoms with Crippen molar-refractivity contribution in [3.63, 3.8) is 0 Å². The normalized spacial score (nSPS) is 13.9. The van der Waals surface area contributed by atoms with Gasteiger partial charge in [0, 0.05) is 29.9 Å². The average molecular weight is 286 g/mol. The van der Waals surface area contributed by atoms with Crippen LogP contribution in [0.15, 0.2) is 42.7 Å². The summed E-state index contributed by atoms with van der Waals surface area (Å²) in [4.78, 5) is 4.06. The monoisotopic (exact) mass is 286 g/mol. The van der Waals surface area contributed by atoms with Gasteiger partial charge >= 0.3 is 0 Å². The minimum absolute atomic E-state index is 0.0350. The molecule has 2 nitrogen and oxygen atoms in total. The first kappa shape index (κ1) is 15.6. The number of hydrogen-bond acceptors (Lipinski definition) is 2. The predicted molar refractivity (Wildman–Crippen MR) is 84.8 cm³/mol. The molecule has 1 N–H and O–H groups in total. The predicted octanol–water partition coefficient (Wildman–Crippen LogP) is 4.37. The summed E-state index contributed by atoms with van der Waals surface area (Å²) in [6, 6.07) is 9.28. The van der Waals surface area contributed by atoms with E-state index >= 15 is 0 Å². The summed E-state index contributed by atoms with van der Waals surface area (Å²) in [5.74, 6) is 0.0333. The van der Waals surface area contributed by atoms with Gasteiger partial charge in [-0.05, 0) is 43.7 Å². The van der Waals surface area contributed by atoms with E-state index in [0.29, 0.717) is 0 Å². The smallest absolute Gasteiger partial charge is 0.128 e. The second-order valence-corrected chi connectivity index (χ2v) is 5.53. The Morgan fingerprint density at radius 3 is 2.57 bits per heavy atom. The summed E-state index contributed by atoms with van der Waals surface area (Å²) < 4.78 is 14.3. The number of halogens is 1. The summed E-state index contributed by atoms with van der Waals surface area (Å²) in [6.45, 7) is 7.11. The molecule has 0 saturated carbocycles. The molecule has 1 aromatic carbocycles. The molecule has 0 fully saturated rings. The van der Waals surface area contributed by atoms with Crippen LogP contribution in [-0.4, -0.2) is 11.5 Å². The lowest BCUT2D eigenvalue weighted by Gasteiger charge is -2.27. The van der Waals surface area contributed by atoms with Crippen LogP contribution in [0.3, 0.4) is 0 Å². The molecule has 0 aliphatic heterocycles. The van der Waals surface area contributed by atoms with Gasteiger partial charge in [0.15, 0.2) is 0 Å². The molecule has 0 radical (unpaired) electrons. The highest BCUT2D eigenvalue weighted by Gasteiger charge is 2.23. The maximum atomic E-state index is 14.3. The van der Waals surface area contributed by atoms with Crippen molar-refractivity contribution < 1.29 is 4.39 Å². The topological polar surface area (TPSA) is 24.9 Å². The van der Waals surface area contributed by atoms with Crippen molar-refractivity contribution >= 4 is 0 Å². The molecule has 112 valence electrons. The lowest BCUT2D eigenvalue weighted by atomic mass is 9.88. The van der Waals surface area contributed by atoms with E-state index in [9.17, 15) is 4.39 Å². The Hall–Kier alpha value is -1.74. The summed E-state index contributed by atoms with van der Waals surface area (Å²) >= 11 is 0. The fraction of sp³-hybridized carbons (Fsp3) is 0.389. The SMILES string of the molecule is CCCNC(c1cc(C)ccc1F)C(C)c1ccncc1. The number of rotatable bonds is 6. The van der Waals surface area contributed by atoms with E-state index in [0.717, 1.165) is 24.1 Å².